The number of fused-ring (bicyclic) bond motifs is 1. The second-order valence-electron chi connectivity index (χ2n) is 5.16. The van der Waals surface area contributed by atoms with Crippen LogP contribution in [0.1, 0.15) is 22.7 Å². The first-order valence-corrected chi connectivity index (χ1v) is 7.94. The lowest BCUT2D eigenvalue weighted by molar-refractivity contribution is 0.866. The largest absolute Gasteiger partial charge is 0.320 e. The van der Waals surface area contributed by atoms with Crippen molar-refractivity contribution in [3.8, 4) is 0 Å². The van der Waals surface area contributed by atoms with Gasteiger partial charge in [0.1, 0.15) is 0 Å². The summed E-state index contributed by atoms with van der Waals surface area (Å²) < 4.78 is 0.940. The molecule has 106 valence electrons. The zero-order valence-electron chi connectivity index (χ0n) is 11.6. The van der Waals surface area contributed by atoms with Crippen LogP contribution < -0.4 is 5.73 Å². The normalized spacial score (nSPS) is 12.6. The molecule has 0 aliphatic rings. The molecule has 0 aromatic heterocycles. The van der Waals surface area contributed by atoms with Gasteiger partial charge in [0.15, 0.2) is 0 Å². The average Bonchev–Trinajstić information content (AvgIpc) is 2.46. The fraction of sp³-hybridized carbons (Fsp3) is 0.111. The summed E-state index contributed by atoms with van der Waals surface area (Å²) in [7, 11) is 0. The second kappa shape index (κ2) is 5.80. The van der Waals surface area contributed by atoms with E-state index in [0.29, 0.717) is 5.02 Å². The van der Waals surface area contributed by atoms with Crippen molar-refractivity contribution in [1.82, 2.24) is 0 Å². The summed E-state index contributed by atoms with van der Waals surface area (Å²) in [6.45, 7) is 2.10. The molecule has 2 N–H and O–H groups in total. The number of rotatable bonds is 2. The molecule has 1 atom stereocenters. The maximum atomic E-state index is 6.56. The van der Waals surface area contributed by atoms with Gasteiger partial charge in [-0.15, -0.1) is 0 Å². The van der Waals surface area contributed by atoms with E-state index < -0.39 is 0 Å². The van der Waals surface area contributed by atoms with Gasteiger partial charge in [0.2, 0.25) is 0 Å². The van der Waals surface area contributed by atoms with Crippen molar-refractivity contribution in [3.05, 3.63) is 80.8 Å². The fourth-order valence-electron chi connectivity index (χ4n) is 2.73. The molecule has 3 aromatic carbocycles. The Morgan fingerprint density at radius 3 is 2.57 bits per heavy atom. The summed E-state index contributed by atoms with van der Waals surface area (Å²) in [6, 6.07) is 18.2. The van der Waals surface area contributed by atoms with Crippen LogP contribution in [0.15, 0.2) is 59.1 Å². The Morgan fingerprint density at radius 1 is 1.05 bits per heavy atom. The number of hydrogen-bond acceptors (Lipinski definition) is 1. The van der Waals surface area contributed by atoms with Crippen LogP contribution in [0.5, 0.6) is 0 Å². The highest BCUT2D eigenvalue weighted by Gasteiger charge is 2.17. The molecule has 0 amide bonds. The molecule has 0 fully saturated rings. The minimum Gasteiger partial charge on any atom is -0.320 e. The van der Waals surface area contributed by atoms with Gasteiger partial charge in [0.25, 0.3) is 0 Å². The quantitative estimate of drug-likeness (QED) is 0.631. The number of nitrogens with two attached hydrogens (primary N) is 1. The Morgan fingerprint density at radius 2 is 1.81 bits per heavy atom. The molecule has 1 unspecified atom stereocenters. The zero-order chi connectivity index (χ0) is 15.0. The molecule has 3 aromatic rings. The van der Waals surface area contributed by atoms with Crippen molar-refractivity contribution < 1.29 is 0 Å². The van der Waals surface area contributed by atoms with Crippen molar-refractivity contribution in [3.63, 3.8) is 0 Å². The molecule has 0 saturated heterocycles. The number of benzene rings is 3. The third kappa shape index (κ3) is 2.71. The van der Waals surface area contributed by atoms with Crippen molar-refractivity contribution >= 4 is 38.3 Å². The molecular weight excluding hydrogens is 346 g/mol. The summed E-state index contributed by atoms with van der Waals surface area (Å²) in [5.74, 6) is 0. The lowest BCUT2D eigenvalue weighted by Gasteiger charge is -2.19. The number of halogens is 2. The van der Waals surface area contributed by atoms with Gasteiger partial charge >= 0.3 is 0 Å². The molecule has 0 radical (unpaired) electrons. The van der Waals surface area contributed by atoms with Crippen LogP contribution in [-0.2, 0) is 0 Å². The first kappa shape index (κ1) is 14.6. The van der Waals surface area contributed by atoms with Crippen molar-refractivity contribution in [2.75, 3.05) is 0 Å². The van der Waals surface area contributed by atoms with E-state index in [-0.39, 0.29) is 6.04 Å². The molecule has 1 nitrogen and oxygen atoms in total. The lowest BCUT2D eigenvalue weighted by atomic mass is 9.91. The third-order valence-electron chi connectivity index (χ3n) is 3.80. The summed E-state index contributed by atoms with van der Waals surface area (Å²) >= 11 is 9.59. The molecule has 3 heteroatoms. The van der Waals surface area contributed by atoms with Gasteiger partial charge in [-0.2, -0.15) is 0 Å². The van der Waals surface area contributed by atoms with E-state index >= 15 is 0 Å². The van der Waals surface area contributed by atoms with E-state index in [1.165, 1.54) is 16.3 Å². The van der Waals surface area contributed by atoms with Crippen LogP contribution in [0.4, 0.5) is 0 Å². The third-order valence-corrected chi connectivity index (χ3v) is 4.72. The predicted molar refractivity (Wildman–Crippen MR) is 93.9 cm³/mol. The molecule has 0 saturated carbocycles. The van der Waals surface area contributed by atoms with Crippen molar-refractivity contribution in [2.24, 2.45) is 5.73 Å². The Kier molecular flexibility index (Phi) is 4.03. The monoisotopic (exact) mass is 359 g/mol. The van der Waals surface area contributed by atoms with Crippen LogP contribution in [0.2, 0.25) is 5.02 Å². The maximum absolute atomic E-state index is 6.56. The Balaban J connectivity index is 2.21. The van der Waals surface area contributed by atoms with Crippen molar-refractivity contribution in [2.45, 2.75) is 13.0 Å². The van der Waals surface area contributed by atoms with Gasteiger partial charge in [0.05, 0.1) is 6.04 Å². The number of hydrogen-bond donors (Lipinski definition) is 1. The van der Waals surface area contributed by atoms with Gasteiger partial charge in [0, 0.05) is 9.50 Å². The topological polar surface area (TPSA) is 26.0 Å². The molecule has 0 heterocycles. The molecule has 3 rings (SSSR count). The summed E-state index contributed by atoms with van der Waals surface area (Å²) in [5, 5.41) is 3.11. The van der Waals surface area contributed by atoms with Crippen LogP contribution in [0.25, 0.3) is 10.8 Å². The smallest absolute Gasteiger partial charge is 0.0571 e. The Hall–Kier alpha value is -1.35. The van der Waals surface area contributed by atoms with E-state index in [0.717, 1.165) is 15.6 Å². The van der Waals surface area contributed by atoms with Crippen molar-refractivity contribution in [1.29, 1.82) is 0 Å². The van der Waals surface area contributed by atoms with E-state index in [1.54, 1.807) is 0 Å². The maximum Gasteiger partial charge on any atom is 0.0571 e. The highest BCUT2D eigenvalue weighted by molar-refractivity contribution is 9.10. The SMILES string of the molecule is Cc1ccc2ccccc2c1C(N)c1ccc(Cl)cc1Br. The molecular formula is C18H15BrClN. The zero-order valence-corrected chi connectivity index (χ0v) is 13.9. The van der Waals surface area contributed by atoms with E-state index in [4.69, 9.17) is 17.3 Å². The lowest BCUT2D eigenvalue weighted by Crippen LogP contribution is -2.14. The first-order chi connectivity index (χ1) is 10.1. The van der Waals surface area contributed by atoms with Gasteiger partial charge in [-0.25, -0.2) is 0 Å². The molecule has 0 spiro atoms. The Bertz CT molecular complexity index is 813. The van der Waals surface area contributed by atoms with Gasteiger partial charge < -0.3 is 5.73 Å². The first-order valence-electron chi connectivity index (χ1n) is 6.76. The van der Waals surface area contributed by atoms with Crippen LogP contribution in [0, 0.1) is 6.92 Å². The minimum absolute atomic E-state index is 0.192. The number of aryl methyl sites for hydroxylation is 1. The van der Waals surface area contributed by atoms with E-state index in [2.05, 4.69) is 53.2 Å². The summed E-state index contributed by atoms with van der Waals surface area (Å²) in [6.07, 6.45) is 0. The highest BCUT2D eigenvalue weighted by atomic mass is 79.9. The van der Waals surface area contributed by atoms with Crippen LogP contribution >= 0.6 is 27.5 Å². The molecule has 21 heavy (non-hydrogen) atoms. The standard InChI is InChI=1S/C18H15BrClN/c1-11-6-7-12-4-2-3-5-14(12)17(11)18(21)15-9-8-13(20)10-16(15)19/h2-10,18H,21H2,1H3. The summed E-state index contributed by atoms with van der Waals surface area (Å²) in [4.78, 5) is 0. The second-order valence-corrected chi connectivity index (χ2v) is 6.45. The van der Waals surface area contributed by atoms with E-state index in [1.807, 2.05) is 24.3 Å². The van der Waals surface area contributed by atoms with E-state index in [9.17, 15) is 0 Å². The van der Waals surface area contributed by atoms with Crippen LogP contribution in [-0.4, -0.2) is 0 Å². The predicted octanol–water partition coefficient (Wildman–Crippen LogP) is 5.61. The molecule has 0 aliphatic carbocycles. The molecule has 0 aliphatic heterocycles. The van der Waals surface area contributed by atoms with Gasteiger partial charge in [-0.3, -0.25) is 0 Å². The van der Waals surface area contributed by atoms with Gasteiger partial charge in [-0.05, 0) is 46.5 Å². The summed E-state index contributed by atoms with van der Waals surface area (Å²) in [5.41, 5.74) is 9.96. The molecule has 0 bridgehead atoms. The average molecular weight is 361 g/mol. The van der Waals surface area contributed by atoms with Gasteiger partial charge in [-0.1, -0.05) is 70.0 Å². The van der Waals surface area contributed by atoms with Crippen LogP contribution in [0.3, 0.4) is 0 Å². The fourth-order valence-corrected chi connectivity index (χ4v) is 3.66. The minimum atomic E-state index is -0.192. The Labute approximate surface area is 137 Å². The highest BCUT2D eigenvalue weighted by Crippen LogP contribution is 2.34.